The number of anilines is 1. The number of benzene rings is 1. The van der Waals surface area contributed by atoms with Crippen molar-refractivity contribution in [2.75, 3.05) is 45.3 Å². The van der Waals surface area contributed by atoms with Gasteiger partial charge in [0.05, 0.1) is 19.1 Å². The van der Waals surface area contributed by atoms with Crippen LogP contribution in [0.5, 0.6) is 5.75 Å². The van der Waals surface area contributed by atoms with Crippen LogP contribution in [0.2, 0.25) is 0 Å². The van der Waals surface area contributed by atoms with Crippen molar-refractivity contribution in [2.45, 2.75) is 0 Å². The maximum absolute atomic E-state index is 12.6. The highest BCUT2D eigenvalue weighted by molar-refractivity contribution is 7.15. The van der Waals surface area contributed by atoms with Crippen molar-refractivity contribution in [3.63, 3.8) is 0 Å². The molecule has 0 spiro atoms. The zero-order valence-electron chi connectivity index (χ0n) is 14.2. The number of thiophene rings is 1. The molecule has 0 saturated carbocycles. The van der Waals surface area contributed by atoms with Crippen LogP contribution in [-0.2, 0) is 4.74 Å². The lowest BCUT2D eigenvalue weighted by Gasteiger charge is -2.36. The zero-order valence-corrected chi connectivity index (χ0v) is 15.0. The highest BCUT2D eigenvalue weighted by Gasteiger charge is 2.24. The number of amides is 1. The lowest BCUT2D eigenvalue weighted by molar-refractivity contribution is 0.0606. The second-order valence-electron chi connectivity index (χ2n) is 5.64. The van der Waals surface area contributed by atoms with Crippen LogP contribution in [0.3, 0.4) is 0 Å². The Morgan fingerprint density at radius 2 is 1.72 bits per heavy atom. The van der Waals surface area contributed by atoms with Crippen LogP contribution >= 0.6 is 11.3 Å². The predicted octanol–water partition coefficient (Wildman–Crippen LogP) is 2.51. The minimum atomic E-state index is -0.410. The smallest absolute Gasteiger partial charge is 0.348 e. The molecule has 1 aliphatic rings. The number of hydrogen-bond donors (Lipinski definition) is 0. The Labute approximate surface area is 150 Å². The number of methoxy groups -OCH3 is 2. The van der Waals surface area contributed by atoms with Gasteiger partial charge in [-0.3, -0.25) is 4.79 Å². The molecule has 6 nitrogen and oxygen atoms in total. The fourth-order valence-corrected chi connectivity index (χ4v) is 3.69. The maximum Gasteiger partial charge on any atom is 0.348 e. The summed E-state index contributed by atoms with van der Waals surface area (Å²) in [5.41, 5.74) is 1.09. The van der Waals surface area contributed by atoms with Crippen molar-refractivity contribution in [1.29, 1.82) is 0 Å². The third-order valence-electron chi connectivity index (χ3n) is 4.19. The van der Waals surface area contributed by atoms with Gasteiger partial charge in [-0.25, -0.2) is 4.79 Å². The predicted molar refractivity (Wildman–Crippen MR) is 96.8 cm³/mol. The molecule has 7 heteroatoms. The van der Waals surface area contributed by atoms with E-state index in [4.69, 9.17) is 4.74 Å². The summed E-state index contributed by atoms with van der Waals surface area (Å²) < 4.78 is 9.95. The van der Waals surface area contributed by atoms with Gasteiger partial charge in [0.15, 0.2) is 0 Å². The normalized spacial score (nSPS) is 14.3. The van der Waals surface area contributed by atoms with Crippen LogP contribution < -0.4 is 9.64 Å². The van der Waals surface area contributed by atoms with Gasteiger partial charge in [0.1, 0.15) is 10.6 Å². The Kier molecular flexibility index (Phi) is 5.23. The van der Waals surface area contributed by atoms with E-state index in [0.717, 1.165) is 24.5 Å². The summed E-state index contributed by atoms with van der Waals surface area (Å²) in [7, 11) is 2.99. The monoisotopic (exact) mass is 360 g/mol. The standard InChI is InChI=1S/C18H20N2O4S/c1-23-14-5-3-4-13(12-14)19-8-10-20(11-9-19)17(21)15-6-7-16(25-15)18(22)24-2/h3-7,12H,8-11H2,1-2H3. The molecule has 25 heavy (non-hydrogen) atoms. The summed E-state index contributed by atoms with van der Waals surface area (Å²) >= 11 is 1.17. The number of hydrogen-bond acceptors (Lipinski definition) is 6. The Balaban J connectivity index is 1.62. The van der Waals surface area contributed by atoms with Crippen molar-refractivity contribution in [3.05, 3.63) is 46.2 Å². The molecule has 1 aromatic carbocycles. The summed E-state index contributed by atoms with van der Waals surface area (Å²) in [6.45, 7) is 2.80. The van der Waals surface area contributed by atoms with E-state index in [2.05, 4.69) is 9.64 Å². The molecular formula is C18H20N2O4S. The first kappa shape index (κ1) is 17.3. The minimum absolute atomic E-state index is 0.0366. The second-order valence-corrected chi connectivity index (χ2v) is 6.72. The summed E-state index contributed by atoms with van der Waals surface area (Å²) in [5.74, 6) is 0.377. The number of piperazine rings is 1. The molecule has 3 rings (SSSR count). The Morgan fingerprint density at radius 1 is 1.00 bits per heavy atom. The summed E-state index contributed by atoms with van der Waals surface area (Å²) in [6, 6.07) is 11.2. The van der Waals surface area contributed by atoms with E-state index in [1.54, 1.807) is 19.2 Å². The summed E-state index contributed by atoms with van der Waals surface area (Å²) in [4.78, 5) is 29.2. The largest absolute Gasteiger partial charge is 0.497 e. The molecule has 1 aromatic heterocycles. The molecule has 0 unspecified atom stereocenters. The molecule has 2 aromatic rings. The van der Waals surface area contributed by atoms with E-state index in [1.807, 2.05) is 29.2 Å². The van der Waals surface area contributed by atoms with Crippen LogP contribution in [0.1, 0.15) is 19.3 Å². The Hall–Kier alpha value is -2.54. The number of esters is 1. The first-order valence-corrected chi connectivity index (χ1v) is 8.80. The number of rotatable bonds is 4. The average molecular weight is 360 g/mol. The van der Waals surface area contributed by atoms with Crippen LogP contribution in [0.25, 0.3) is 0 Å². The number of nitrogens with zero attached hydrogens (tertiary/aromatic N) is 2. The van der Waals surface area contributed by atoms with Crippen molar-refractivity contribution in [2.24, 2.45) is 0 Å². The Bertz CT molecular complexity index is 766. The van der Waals surface area contributed by atoms with Crippen molar-refractivity contribution in [1.82, 2.24) is 4.90 Å². The highest BCUT2D eigenvalue weighted by Crippen LogP contribution is 2.24. The van der Waals surface area contributed by atoms with Gasteiger partial charge >= 0.3 is 5.97 Å². The van der Waals surface area contributed by atoms with Crippen LogP contribution in [0.4, 0.5) is 5.69 Å². The lowest BCUT2D eigenvalue weighted by atomic mass is 10.2. The van der Waals surface area contributed by atoms with Gasteiger partial charge in [0.2, 0.25) is 0 Å². The van der Waals surface area contributed by atoms with Gasteiger partial charge in [0, 0.05) is 37.9 Å². The van der Waals surface area contributed by atoms with Crippen LogP contribution in [-0.4, -0.2) is 57.2 Å². The van der Waals surface area contributed by atoms with Gasteiger partial charge in [-0.1, -0.05) is 6.07 Å². The molecule has 0 aliphatic carbocycles. The molecule has 0 bridgehead atoms. The first-order valence-electron chi connectivity index (χ1n) is 7.99. The molecule has 0 atom stereocenters. The van der Waals surface area contributed by atoms with E-state index >= 15 is 0 Å². The van der Waals surface area contributed by atoms with Crippen molar-refractivity contribution >= 4 is 28.9 Å². The van der Waals surface area contributed by atoms with Gasteiger partial charge in [0.25, 0.3) is 5.91 Å². The molecule has 1 amide bonds. The number of carbonyl (C=O) groups is 2. The molecule has 0 N–H and O–H groups in total. The number of carbonyl (C=O) groups excluding carboxylic acids is 2. The van der Waals surface area contributed by atoms with E-state index in [-0.39, 0.29) is 5.91 Å². The van der Waals surface area contributed by atoms with Crippen LogP contribution in [0, 0.1) is 0 Å². The SMILES string of the molecule is COC(=O)c1ccc(C(=O)N2CCN(c3cccc(OC)c3)CC2)s1. The van der Waals surface area contributed by atoms with Gasteiger partial charge in [-0.15, -0.1) is 11.3 Å². The molecule has 2 heterocycles. The topological polar surface area (TPSA) is 59.1 Å². The molecule has 0 radical (unpaired) electrons. The maximum atomic E-state index is 12.6. The van der Waals surface area contributed by atoms with E-state index in [9.17, 15) is 9.59 Å². The average Bonchev–Trinajstić information content (AvgIpc) is 3.17. The van der Waals surface area contributed by atoms with Gasteiger partial charge in [-0.2, -0.15) is 0 Å². The summed E-state index contributed by atoms with van der Waals surface area (Å²) in [6.07, 6.45) is 0. The zero-order chi connectivity index (χ0) is 17.8. The Morgan fingerprint density at radius 3 is 2.40 bits per heavy atom. The molecule has 132 valence electrons. The third-order valence-corrected chi connectivity index (χ3v) is 5.24. The molecule has 1 aliphatic heterocycles. The lowest BCUT2D eigenvalue weighted by Crippen LogP contribution is -2.48. The van der Waals surface area contributed by atoms with Crippen molar-refractivity contribution < 1.29 is 19.1 Å². The van der Waals surface area contributed by atoms with Crippen molar-refractivity contribution in [3.8, 4) is 5.75 Å². The quantitative estimate of drug-likeness (QED) is 0.784. The second kappa shape index (κ2) is 7.57. The number of ether oxygens (including phenoxy) is 2. The van der Waals surface area contributed by atoms with Gasteiger partial charge < -0.3 is 19.3 Å². The van der Waals surface area contributed by atoms with E-state index in [0.29, 0.717) is 22.8 Å². The molecular weight excluding hydrogens is 340 g/mol. The summed E-state index contributed by atoms with van der Waals surface area (Å²) in [5, 5.41) is 0. The van der Waals surface area contributed by atoms with Gasteiger partial charge in [-0.05, 0) is 24.3 Å². The third kappa shape index (κ3) is 3.76. The van der Waals surface area contributed by atoms with E-state index < -0.39 is 5.97 Å². The highest BCUT2D eigenvalue weighted by atomic mass is 32.1. The fraction of sp³-hybridized carbons (Fsp3) is 0.333. The van der Waals surface area contributed by atoms with E-state index in [1.165, 1.54) is 18.4 Å². The fourth-order valence-electron chi connectivity index (χ4n) is 2.79. The van der Waals surface area contributed by atoms with Crippen LogP contribution in [0.15, 0.2) is 36.4 Å². The molecule has 1 fully saturated rings. The first-order chi connectivity index (χ1) is 12.1. The molecule has 1 saturated heterocycles. The minimum Gasteiger partial charge on any atom is -0.497 e.